The van der Waals surface area contributed by atoms with Gasteiger partial charge in [-0.3, -0.25) is 0 Å². The molecule has 0 aromatic heterocycles. The van der Waals surface area contributed by atoms with Crippen molar-refractivity contribution in [1.82, 2.24) is 4.90 Å². The molecule has 0 aliphatic heterocycles. The van der Waals surface area contributed by atoms with E-state index in [1.54, 1.807) is 4.90 Å². The number of hydrogen-bond donors (Lipinski definition) is 1. The van der Waals surface area contributed by atoms with Gasteiger partial charge in [-0.15, -0.1) is 0 Å². The Morgan fingerprint density at radius 1 is 0.848 bits per heavy atom. The molecule has 5 nitrogen and oxygen atoms in total. The van der Waals surface area contributed by atoms with Crippen molar-refractivity contribution in [3.8, 4) is 5.75 Å². The predicted octanol–water partition coefficient (Wildman–Crippen LogP) is 6.81. The van der Waals surface area contributed by atoms with Crippen molar-refractivity contribution in [3.05, 3.63) is 90.0 Å². The molecule has 0 aliphatic carbocycles. The molecule has 5 heteroatoms. The number of amides is 1. The minimum absolute atomic E-state index is 0.292. The quantitative estimate of drug-likeness (QED) is 0.392. The number of anilines is 2. The van der Waals surface area contributed by atoms with E-state index < -0.39 is 5.60 Å². The van der Waals surface area contributed by atoms with E-state index in [4.69, 9.17) is 9.47 Å². The molecule has 0 unspecified atom stereocenters. The lowest BCUT2D eigenvalue weighted by atomic mass is 10.1. The van der Waals surface area contributed by atoms with Crippen LogP contribution < -0.4 is 10.1 Å². The van der Waals surface area contributed by atoms with Crippen LogP contribution in [0.5, 0.6) is 5.75 Å². The Labute approximate surface area is 197 Å². The Hall–Kier alpha value is -3.47. The molecular weight excluding hydrogens is 412 g/mol. The lowest BCUT2D eigenvalue weighted by Gasteiger charge is -2.27. The second-order valence-electron chi connectivity index (χ2n) is 8.92. The van der Waals surface area contributed by atoms with Crippen LogP contribution in [0.3, 0.4) is 0 Å². The third kappa shape index (κ3) is 8.19. The zero-order chi connectivity index (χ0) is 23.7. The first-order valence-electron chi connectivity index (χ1n) is 11.4. The molecule has 0 radical (unpaired) electrons. The van der Waals surface area contributed by atoms with E-state index >= 15 is 0 Å². The van der Waals surface area contributed by atoms with Crippen molar-refractivity contribution in [1.29, 1.82) is 0 Å². The van der Waals surface area contributed by atoms with Gasteiger partial charge < -0.3 is 19.7 Å². The normalized spacial score (nSPS) is 11.0. The monoisotopic (exact) mass is 446 g/mol. The van der Waals surface area contributed by atoms with Crippen LogP contribution in [0, 0.1) is 0 Å². The van der Waals surface area contributed by atoms with E-state index in [1.807, 2.05) is 82.3 Å². The first-order chi connectivity index (χ1) is 15.8. The molecule has 1 N–H and O–H groups in total. The van der Waals surface area contributed by atoms with Crippen molar-refractivity contribution in [3.63, 3.8) is 0 Å². The second kappa shape index (κ2) is 11.4. The van der Waals surface area contributed by atoms with E-state index in [1.165, 1.54) is 0 Å². The number of hydrogen-bond acceptors (Lipinski definition) is 4. The highest BCUT2D eigenvalue weighted by atomic mass is 16.6. The molecular formula is C28H34N2O3. The molecule has 0 saturated carbocycles. The first-order valence-corrected chi connectivity index (χ1v) is 11.4. The minimum Gasteiger partial charge on any atom is -0.494 e. The molecule has 3 aromatic carbocycles. The topological polar surface area (TPSA) is 50.8 Å². The number of carbonyl (C=O) groups excluding carboxylic acids is 1. The molecule has 0 spiro atoms. The van der Waals surface area contributed by atoms with Gasteiger partial charge in [0, 0.05) is 24.5 Å². The summed E-state index contributed by atoms with van der Waals surface area (Å²) in [5.74, 6) is 0.864. The number of nitrogens with one attached hydrogen (secondary N) is 1. The zero-order valence-electron chi connectivity index (χ0n) is 20.0. The third-order valence-electron chi connectivity index (χ3n) is 4.95. The summed E-state index contributed by atoms with van der Waals surface area (Å²) in [6, 6.07) is 26.2. The van der Waals surface area contributed by atoms with E-state index in [-0.39, 0.29) is 6.09 Å². The van der Waals surface area contributed by atoms with Crippen molar-refractivity contribution in [2.45, 2.75) is 46.3 Å². The van der Waals surface area contributed by atoms with Crippen LogP contribution in [0.2, 0.25) is 0 Å². The smallest absolute Gasteiger partial charge is 0.410 e. The Kier molecular flexibility index (Phi) is 8.36. The number of nitrogens with zero attached hydrogens (tertiary/aromatic N) is 1. The summed E-state index contributed by atoms with van der Waals surface area (Å²) in [5, 5.41) is 3.40. The standard InChI is InChI=1S/C28H34N2O3/c1-5-32-26-17-15-25(16-18-26)29-24-13-11-22(12-14-24)19-20-30(27(31)33-28(2,3)4)21-23-9-7-6-8-10-23/h6-18,29H,5,19-21H2,1-4H3. The highest BCUT2D eigenvalue weighted by Crippen LogP contribution is 2.21. The summed E-state index contributed by atoms with van der Waals surface area (Å²) >= 11 is 0. The summed E-state index contributed by atoms with van der Waals surface area (Å²) < 4.78 is 11.1. The number of rotatable bonds is 9. The van der Waals surface area contributed by atoms with E-state index in [9.17, 15) is 4.79 Å². The van der Waals surface area contributed by atoms with Crippen LogP contribution in [0.4, 0.5) is 16.2 Å². The van der Waals surface area contributed by atoms with Gasteiger partial charge in [-0.25, -0.2) is 4.79 Å². The summed E-state index contributed by atoms with van der Waals surface area (Å²) in [7, 11) is 0. The molecule has 0 heterocycles. The Bertz CT molecular complexity index is 994. The lowest BCUT2D eigenvalue weighted by Crippen LogP contribution is -2.37. The van der Waals surface area contributed by atoms with Gasteiger partial charge in [-0.1, -0.05) is 42.5 Å². The molecule has 0 fully saturated rings. The Morgan fingerprint density at radius 2 is 1.45 bits per heavy atom. The fourth-order valence-electron chi connectivity index (χ4n) is 3.35. The fourth-order valence-corrected chi connectivity index (χ4v) is 3.35. The summed E-state index contributed by atoms with van der Waals surface area (Å²) in [5.41, 5.74) is 3.73. The van der Waals surface area contributed by atoms with Gasteiger partial charge in [0.2, 0.25) is 0 Å². The number of ether oxygens (including phenoxy) is 2. The van der Waals surface area contributed by atoms with E-state index in [0.717, 1.165) is 34.7 Å². The maximum atomic E-state index is 12.8. The summed E-state index contributed by atoms with van der Waals surface area (Å²) in [6.45, 7) is 9.40. The van der Waals surface area contributed by atoms with Gasteiger partial charge in [0.25, 0.3) is 0 Å². The average Bonchev–Trinajstić information content (AvgIpc) is 2.78. The SMILES string of the molecule is CCOc1ccc(Nc2ccc(CCN(Cc3ccccc3)C(=O)OC(C)(C)C)cc2)cc1. The predicted molar refractivity (Wildman–Crippen MR) is 134 cm³/mol. The molecule has 0 atom stereocenters. The molecule has 174 valence electrons. The van der Waals surface area contributed by atoms with Crippen LogP contribution in [0.15, 0.2) is 78.9 Å². The van der Waals surface area contributed by atoms with Gasteiger partial charge in [-0.05, 0) is 81.6 Å². The maximum absolute atomic E-state index is 12.8. The second-order valence-corrected chi connectivity index (χ2v) is 8.92. The lowest BCUT2D eigenvalue weighted by molar-refractivity contribution is 0.0236. The minimum atomic E-state index is -0.528. The van der Waals surface area contributed by atoms with E-state index in [2.05, 4.69) is 29.6 Å². The van der Waals surface area contributed by atoms with Gasteiger partial charge >= 0.3 is 6.09 Å². The van der Waals surface area contributed by atoms with Gasteiger partial charge in [0.15, 0.2) is 0 Å². The molecule has 3 aromatic rings. The average molecular weight is 447 g/mol. The summed E-state index contributed by atoms with van der Waals surface area (Å²) in [6.07, 6.45) is 0.454. The van der Waals surface area contributed by atoms with Crippen LogP contribution in [0.1, 0.15) is 38.8 Å². The van der Waals surface area contributed by atoms with Gasteiger partial charge in [-0.2, -0.15) is 0 Å². The first kappa shape index (κ1) is 24.2. The molecule has 3 rings (SSSR count). The number of benzene rings is 3. The number of carbonyl (C=O) groups is 1. The molecule has 0 bridgehead atoms. The fraction of sp³-hybridized carbons (Fsp3) is 0.321. The van der Waals surface area contributed by atoms with Crippen molar-refractivity contribution < 1.29 is 14.3 Å². The largest absolute Gasteiger partial charge is 0.494 e. The van der Waals surface area contributed by atoms with Gasteiger partial charge in [0.1, 0.15) is 11.4 Å². The zero-order valence-corrected chi connectivity index (χ0v) is 20.0. The highest BCUT2D eigenvalue weighted by molar-refractivity contribution is 5.68. The molecule has 1 amide bonds. The molecule has 0 saturated heterocycles. The Balaban J connectivity index is 1.60. The third-order valence-corrected chi connectivity index (χ3v) is 4.95. The van der Waals surface area contributed by atoms with Crippen LogP contribution in [-0.4, -0.2) is 29.7 Å². The van der Waals surface area contributed by atoms with Gasteiger partial charge in [0.05, 0.1) is 6.61 Å². The van der Waals surface area contributed by atoms with Crippen molar-refractivity contribution in [2.75, 3.05) is 18.5 Å². The molecule has 0 aliphatic rings. The Morgan fingerprint density at radius 3 is 2.03 bits per heavy atom. The maximum Gasteiger partial charge on any atom is 0.410 e. The highest BCUT2D eigenvalue weighted by Gasteiger charge is 2.22. The molecule has 33 heavy (non-hydrogen) atoms. The van der Waals surface area contributed by atoms with Crippen LogP contribution in [0.25, 0.3) is 0 Å². The van der Waals surface area contributed by atoms with Crippen LogP contribution >= 0.6 is 0 Å². The van der Waals surface area contributed by atoms with Crippen LogP contribution in [-0.2, 0) is 17.7 Å². The van der Waals surface area contributed by atoms with E-state index in [0.29, 0.717) is 19.7 Å². The summed E-state index contributed by atoms with van der Waals surface area (Å²) in [4.78, 5) is 14.6. The van der Waals surface area contributed by atoms with Crippen molar-refractivity contribution in [2.24, 2.45) is 0 Å². The van der Waals surface area contributed by atoms with Crippen molar-refractivity contribution >= 4 is 17.5 Å².